The molecule has 0 saturated heterocycles. The lowest BCUT2D eigenvalue weighted by Crippen LogP contribution is -2.33. The summed E-state index contributed by atoms with van der Waals surface area (Å²) in [7, 11) is 0. The van der Waals surface area contributed by atoms with Gasteiger partial charge in [-0.3, -0.25) is 4.79 Å². The van der Waals surface area contributed by atoms with Crippen LogP contribution in [-0.4, -0.2) is 12.3 Å². The molecule has 1 aromatic rings. The van der Waals surface area contributed by atoms with Gasteiger partial charge in [0, 0.05) is 16.9 Å². The van der Waals surface area contributed by atoms with Crippen LogP contribution in [0, 0.1) is 0 Å². The van der Waals surface area contributed by atoms with Crippen molar-refractivity contribution in [1.29, 1.82) is 0 Å². The molecule has 0 heterocycles. The Morgan fingerprint density at radius 1 is 1.05 bits per heavy atom. The van der Waals surface area contributed by atoms with Gasteiger partial charge in [0.15, 0.2) is 0 Å². The van der Waals surface area contributed by atoms with Crippen molar-refractivity contribution in [2.75, 3.05) is 4.90 Å². The summed E-state index contributed by atoms with van der Waals surface area (Å²) >= 11 is 0. The fourth-order valence-corrected chi connectivity index (χ4v) is 2.78. The summed E-state index contributed by atoms with van der Waals surface area (Å²) in [5.74, 6) is 0. The molecule has 2 aliphatic carbocycles. The van der Waals surface area contributed by atoms with Crippen LogP contribution >= 0.6 is 0 Å². The van der Waals surface area contributed by atoms with Crippen molar-refractivity contribution < 1.29 is 4.79 Å². The SMILES string of the molecule is O=Cc1ccc(N(C2=CCCC=C2)C2C=CC=CC2)cc1. The van der Waals surface area contributed by atoms with Crippen molar-refractivity contribution in [3.63, 3.8) is 0 Å². The second-order valence-corrected chi connectivity index (χ2v) is 5.30. The molecule has 0 aliphatic heterocycles. The number of hydrogen-bond donors (Lipinski definition) is 0. The van der Waals surface area contributed by atoms with Crippen LogP contribution in [0.15, 0.2) is 72.5 Å². The van der Waals surface area contributed by atoms with Crippen molar-refractivity contribution in [1.82, 2.24) is 0 Å². The van der Waals surface area contributed by atoms with E-state index < -0.39 is 0 Å². The Bertz CT molecular complexity index is 619. The van der Waals surface area contributed by atoms with Crippen LogP contribution in [0.5, 0.6) is 0 Å². The normalized spacial score (nSPS) is 20.2. The molecule has 1 atom stereocenters. The van der Waals surface area contributed by atoms with E-state index >= 15 is 0 Å². The van der Waals surface area contributed by atoms with E-state index in [1.54, 1.807) is 0 Å². The Morgan fingerprint density at radius 3 is 2.52 bits per heavy atom. The van der Waals surface area contributed by atoms with Gasteiger partial charge in [-0.1, -0.05) is 36.5 Å². The zero-order chi connectivity index (χ0) is 14.5. The van der Waals surface area contributed by atoms with Crippen LogP contribution in [-0.2, 0) is 0 Å². The molecule has 0 aromatic heterocycles. The first-order valence-electron chi connectivity index (χ1n) is 7.43. The van der Waals surface area contributed by atoms with Gasteiger partial charge >= 0.3 is 0 Å². The predicted octanol–water partition coefficient (Wildman–Crippen LogP) is 4.42. The lowest BCUT2D eigenvalue weighted by atomic mass is 10.0. The van der Waals surface area contributed by atoms with Crippen molar-refractivity contribution >= 4 is 12.0 Å². The lowest BCUT2D eigenvalue weighted by molar-refractivity contribution is 0.112. The third-order valence-electron chi connectivity index (χ3n) is 3.85. The van der Waals surface area contributed by atoms with E-state index in [9.17, 15) is 4.79 Å². The van der Waals surface area contributed by atoms with E-state index in [4.69, 9.17) is 0 Å². The summed E-state index contributed by atoms with van der Waals surface area (Å²) in [5.41, 5.74) is 3.08. The van der Waals surface area contributed by atoms with Crippen LogP contribution in [0.25, 0.3) is 0 Å². The minimum atomic E-state index is 0.325. The number of hydrogen-bond acceptors (Lipinski definition) is 2. The van der Waals surface area contributed by atoms with Crippen molar-refractivity contribution in [2.45, 2.75) is 25.3 Å². The second kappa shape index (κ2) is 6.40. The molecule has 0 N–H and O–H groups in total. The molecule has 3 rings (SSSR count). The molecular weight excluding hydrogens is 258 g/mol. The number of carbonyl (C=O) groups is 1. The lowest BCUT2D eigenvalue weighted by Gasteiger charge is -2.34. The first-order valence-corrected chi connectivity index (χ1v) is 7.43. The van der Waals surface area contributed by atoms with Gasteiger partial charge in [0.25, 0.3) is 0 Å². The maximum absolute atomic E-state index is 10.8. The molecule has 106 valence electrons. The molecule has 0 radical (unpaired) electrons. The van der Waals surface area contributed by atoms with Crippen molar-refractivity contribution in [3.05, 3.63) is 78.1 Å². The number of nitrogens with zero attached hydrogens (tertiary/aromatic N) is 1. The summed E-state index contributed by atoms with van der Waals surface area (Å²) < 4.78 is 0. The first kappa shape index (κ1) is 13.6. The topological polar surface area (TPSA) is 20.3 Å². The van der Waals surface area contributed by atoms with Gasteiger partial charge in [0.1, 0.15) is 6.29 Å². The molecule has 0 spiro atoms. The van der Waals surface area contributed by atoms with Crippen LogP contribution in [0.3, 0.4) is 0 Å². The minimum absolute atomic E-state index is 0.325. The van der Waals surface area contributed by atoms with Crippen LogP contribution in [0.2, 0.25) is 0 Å². The van der Waals surface area contributed by atoms with Crippen LogP contribution < -0.4 is 4.90 Å². The largest absolute Gasteiger partial charge is 0.335 e. The van der Waals surface area contributed by atoms with Gasteiger partial charge in [-0.25, -0.2) is 0 Å². The first-order chi connectivity index (χ1) is 10.4. The smallest absolute Gasteiger partial charge is 0.150 e. The molecule has 2 aliphatic rings. The fourth-order valence-electron chi connectivity index (χ4n) is 2.78. The number of anilines is 1. The third kappa shape index (κ3) is 3.05. The summed E-state index contributed by atoms with van der Waals surface area (Å²) in [4.78, 5) is 13.2. The molecule has 2 nitrogen and oxygen atoms in total. The molecule has 21 heavy (non-hydrogen) atoms. The van der Waals surface area contributed by atoms with E-state index in [1.165, 1.54) is 5.70 Å². The molecule has 0 amide bonds. The second-order valence-electron chi connectivity index (χ2n) is 5.30. The van der Waals surface area contributed by atoms with E-state index in [0.717, 1.165) is 31.2 Å². The number of allylic oxidation sites excluding steroid dienone is 5. The molecule has 2 heteroatoms. The summed E-state index contributed by atoms with van der Waals surface area (Å²) in [6.07, 6.45) is 19.4. The maximum atomic E-state index is 10.8. The maximum Gasteiger partial charge on any atom is 0.150 e. The predicted molar refractivity (Wildman–Crippen MR) is 87.5 cm³/mol. The minimum Gasteiger partial charge on any atom is -0.335 e. The Hall–Kier alpha value is -2.35. The van der Waals surface area contributed by atoms with Crippen molar-refractivity contribution in [3.8, 4) is 0 Å². The Morgan fingerprint density at radius 2 is 1.90 bits per heavy atom. The molecule has 1 aromatic carbocycles. The Balaban J connectivity index is 1.96. The molecule has 0 saturated carbocycles. The number of benzene rings is 1. The van der Waals surface area contributed by atoms with Crippen molar-refractivity contribution in [2.24, 2.45) is 0 Å². The zero-order valence-electron chi connectivity index (χ0n) is 12.0. The average Bonchev–Trinajstić information content (AvgIpc) is 2.58. The standard InChI is InChI=1S/C19H19NO/c21-15-16-11-13-19(14-12-16)20(17-7-3-1-4-8-17)18-9-5-2-6-10-18/h1,3-5,7,9-15,17H,2,6,8H2. The highest BCUT2D eigenvalue weighted by atomic mass is 16.1. The van der Waals surface area contributed by atoms with Gasteiger partial charge in [0.2, 0.25) is 0 Å². The number of rotatable bonds is 4. The quantitative estimate of drug-likeness (QED) is 0.759. The number of aldehydes is 1. The summed E-state index contributed by atoms with van der Waals surface area (Å²) in [5, 5.41) is 0. The third-order valence-corrected chi connectivity index (χ3v) is 3.85. The van der Waals surface area contributed by atoms with Crippen LogP contribution in [0.4, 0.5) is 5.69 Å². The monoisotopic (exact) mass is 277 g/mol. The highest BCUT2D eigenvalue weighted by Crippen LogP contribution is 2.28. The molecule has 0 fully saturated rings. The fraction of sp³-hybridized carbons (Fsp3) is 0.211. The molecular formula is C19H19NO. The van der Waals surface area contributed by atoms with E-state index in [2.05, 4.69) is 47.4 Å². The Labute approximate surface area is 125 Å². The summed E-state index contributed by atoms with van der Waals surface area (Å²) in [6.45, 7) is 0. The summed E-state index contributed by atoms with van der Waals surface area (Å²) in [6, 6.07) is 8.14. The van der Waals surface area contributed by atoms with Gasteiger partial charge in [-0.15, -0.1) is 0 Å². The Kier molecular flexibility index (Phi) is 4.15. The molecule has 0 bridgehead atoms. The van der Waals surface area contributed by atoms with Gasteiger partial charge in [-0.2, -0.15) is 0 Å². The molecule has 1 unspecified atom stereocenters. The van der Waals surface area contributed by atoms with E-state index in [0.29, 0.717) is 11.6 Å². The van der Waals surface area contributed by atoms with E-state index in [1.807, 2.05) is 24.3 Å². The van der Waals surface area contributed by atoms with Gasteiger partial charge in [-0.05, 0) is 49.6 Å². The zero-order valence-corrected chi connectivity index (χ0v) is 12.0. The van der Waals surface area contributed by atoms with Crippen LogP contribution in [0.1, 0.15) is 29.6 Å². The highest BCUT2D eigenvalue weighted by molar-refractivity contribution is 5.76. The highest BCUT2D eigenvalue weighted by Gasteiger charge is 2.20. The number of carbonyl (C=O) groups excluding carboxylic acids is 1. The average molecular weight is 277 g/mol. The van der Waals surface area contributed by atoms with E-state index in [-0.39, 0.29) is 0 Å². The van der Waals surface area contributed by atoms with Gasteiger partial charge in [0.05, 0.1) is 6.04 Å². The van der Waals surface area contributed by atoms with Gasteiger partial charge < -0.3 is 4.90 Å².